The summed E-state index contributed by atoms with van der Waals surface area (Å²) in [5.41, 5.74) is -2.86. The molecule has 1 saturated heterocycles. The van der Waals surface area contributed by atoms with Crippen molar-refractivity contribution in [1.29, 1.82) is 0 Å². The van der Waals surface area contributed by atoms with Crippen molar-refractivity contribution in [2.24, 2.45) is 5.92 Å². The molecular weight excluding hydrogens is 895 g/mol. The third kappa shape index (κ3) is 12.9. The predicted molar refractivity (Wildman–Crippen MR) is 240 cm³/mol. The summed E-state index contributed by atoms with van der Waals surface area (Å²) in [7, 11) is -7.01. The van der Waals surface area contributed by atoms with Gasteiger partial charge in [0.2, 0.25) is 0 Å². The van der Waals surface area contributed by atoms with Gasteiger partial charge in [-0.25, -0.2) is 21.6 Å². The molecule has 1 aliphatic heterocycles. The van der Waals surface area contributed by atoms with Crippen LogP contribution in [0.1, 0.15) is 28.8 Å². The first-order valence-corrected chi connectivity index (χ1v) is 23.7. The lowest BCUT2D eigenvalue weighted by Gasteiger charge is -2.23. The van der Waals surface area contributed by atoms with Gasteiger partial charge in [0.05, 0.1) is 16.1 Å². The van der Waals surface area contributed by atoms with Crippen LogP contribution < -0.4 is 30.1 Å². The topological polar surface area (TPSA) is 164 Å². The van der Waals surface area contributed by atoms with Gasteiger partial charge in [0.15, 0.2) is 0 Å². The quantitative estimate of drug-likeness (QED) is 0.0554. The molecule has 0 unspecified atom stereocenters. The van der Waals surface area contributed by atoms with E-state index >= 15 is 0 Å². The number of ether oxygens (including phenoxy) is 3. The minimum absolute atomic E-state index is 0.00870. The van der Waals surface area contributed by atoms with E-state index in [1.807, 2.05) is 66.2 Å². The largest absolute Gasteiger partial charge is 0.501 e. The van der Waals surface area contributed by atoms with Crippen molar-refractivity contribution >= 4 is 48.7 Å². The number of sulfone groups is 1. The molecule has 6 rings (SSSR count). The number of carbonyl (C=O) groups excluding carboxylic acids is 1. The maximum absolute atomic E-state index is 13.9. The van der Waals surface area contributed by atoms with E-state index in [2.05, 4.69) is 16.0 Å². The number of alkyl halides is 3. The zero-order chi connectivity index (χ0) is 45.9. The highest BCUT2D eigenvalue weighted by Crippen LogP contribution is 2.37. The fourth-order valence-corrected chi connectivity index (χ4v) is 8.86. The second kappa shape index (κ2) is 21.5. The van der Waals surface area contributed by atoms with E-state index in [0.29, 0.717) is 74.8 Å². The van der Waals surface area contributed by atoms with Crippen molar-refractivity contribution in [3.8, 4) is 28.4 Å². The Balaban J connectivity index is 1.17. The smallest absolute Gasteiger partial charge is 0.492 e. The molecule has 0 saturated carbocycles. The number of benzene rings is 5. The first kappa shape index (κ1) is 48.1. The van der Waals surface area contributed by atoms with Gasteiger partial charge in [0, 0.05) is 62.7 Å². The SMILES string of the molecule is CN(C)CCOc1ccc(-c2ccc(Cl)cc2)c(CNCCNc2ccc(C(=O)NS(=O)(=O)c3ccc(NCC4CCOCC4)c(S(=O)(=O)C(F)(F)F)c3)c(Oc3ccccc3)c2)c1. The monoisotopic (exact) mass is 943 g/mol. The molecule has 0 aliphatic carbocycles. The van der Waals surface area contributed by atoms with Crippen LogP contribution in [-0.2, 0) is 31.1 Å². The summed E-state index contributed by atoms with van der Waals surface area (Å²) in [4.78, 5) is 13.6. The van der Waals surface area contributed by atoms with Crippen LogP contribution in [0.2, 0.25) is 5.02 Å². The molecule has 5 aromatic rings. The number of nitrogens with zero attached hydrogens (tertiary/aromatic N) is 1. The standard InChI is InChI=1S/C45H49ClF3N5O8S2/c1-54(2)22-25-61-37-13-16-39(32-8-10-34(46)11-9-32)33(26-37)30-50-20-21-51-35-12-15-40(42(27-35)62-36-6-4-3-5-7-36)44(55)53-64(58,59)38-14-17-41(52-29-31-18-23-60-24-19-31)43(28-38)63(56,57)45(47,48)49/h3-17,26-28,31,50-52H,18-25,29-30H2,1-2H3,(H,53,55). The van der Waals surface area contributed by atoms with Gasteiger partial charge in [0.1, 0.15) is 28.8 Å². The molecule has 1 amide bonds. The molecule has 0 bridgehead atoms. The van der Waals surface area contributed by atoms with Crippen molar-refractivity contribution < 1.29 is 49.0 Å². The molecule has 0 spiro atoms. The molecule has 5 aromatic carbocycles. The van der Waals surface area contributed by atoms with Crippen LogP contribution in [-0.4, -0.2) is 93.2 Å². The van der Waals surface area contributed by atoms with Gasteiger partial charge in [-0.05, 0) is 116 Å². The number of sulfonamides is 1. The van der Waals surface area contributed by atoms with Crippen LogP contribution in [0.3, 0.4) is 0 Å². The number of amides is 1. The molecule has 0 aromatic heterocycles. The Bertz CT molecular complexity index is 2600. The van der Waals surface area contributed by atoms with Crippen LogP contribution in [0, 0.1) is 5.92 Å². The first-order valence-electron chi connectivity index (χ1n) is 20.3. The Morgan fingerprint density at radius 3 is 2.28 bits per heavy atom. The number of anilines is 2. The number of carbonyl (C=O) groups is 1. The molecule has 0 radical (unpaired) electrons. The summed E-state index contributed by atoms with van der Waals surface area (Å²) < 4.78 is 113. The van der Waals surface area contributed by atoms with Crippen LogP contribution >= 0.6 is 11.6 Å². The molecule has 19 heteroatoms. The fourth-order valence-electron chi connectivity index (χ4n) is 6.71. The van der Waals surface area contributed by atoms with Crippen LogP contribution in [0.4, 0.5) is 24.5 Å². The molecule has 4 N–H and O–H groups in total. The minimum Gasteiger partial charge on any atom is -0.492 e. The van der Waals surface area contributed by atoms with E-state index in [1.54, 1.807) is 36.4 Å². The van der Waals surface area contributed by atoms with Gasteiger partial charge in [-0.3, -0.25) is 4.79 Å². The van der Waals surface area contributed by atoms with Crippen molar-refractivity contribution in [3.05, 3.63) is 125 Å². The summed E-state index contributed by atoms with van der Waals surface area (Å²) in [6.45, 7) is 3.73. The number of nitrogens with one attached hydrogen (secondary N) is 4. The Morgan fingerprint density at radius 2 is 1.58 bits per heavy atom. The number of para-hydroxylation sites is 1. The van der Waals surface area contributed by atoms with Crippen molar-refractivity contribution in [3.63, 3.8) is 0 Å². The van der Waals surface area contributed by atoms with Gasteiger partial charge >= 0.3 is 5.51 Å². The van der Waals surface area contributed by atoms with Gasteiger partial charge in [-0.15, -0.1) is 0 Å². The average molecular weight is 944 g/mol. The highest BCUT2D eigenvalue weighted by molar-refractivity contribution is 7.92. The summed E-state index contributed by atoms with van der Waals surface area (Å²) in [6.07, 6.45) is 1.21. The minimum atomic E-state index is -6.02. The van der Waals surface area contributed by atoms with Crippen molar-refractivity contribution in [2.45, 2.75) is 34.7 Å². The Labute approximate surface area is 376 Å². The van der Waals surface area contributed by atoms with Crippen molar-refractivity contribution in [2.75, 3.05) is 70.7 Å². The van der Waals surface area contributed by atoms with E-state index in [9.17, 15) is 34.8 Å². The lowest BCUT2D eigenvalue weighted by atomic mass is 9.99. The van der Waals surface area contributed by atoms with Crippen LogP contribution in [0.15, 0.2) is 119 Å². The Hall–Kier alpha value is -5.37. The fraction of sp³-hybridized carbons (Fsp3) is 0.311. The normalized spacial score (nSPS) is 13.7. The second-order valence-electron chi connectivity index (χ2n) is 15.2. The summed E-state index contributed by atoms with van der Waals surface area (Å²) in [6, 6.07) is 28.6. The van der Waals surface area contributed by atoms with Crippen molar-refractivity contribution in [1.82, 2.24) is 14.9 Å². The van der Waals surface area contributed by atoms with E-state index in [-0.39, 0.29) is 23.8 Å². The molecule has 342 valence electrons. The highest BCUT2D eigenvalue weighted by Gasteiger charge is 2.48. The lowest BCUT2D eigenvalue weighted by molar-refractivity contribution is -0.0435. The number of halogens is 4. The third-order valence-electron chi connectivity index (χ3n) is 10.2. The van der Waals surface area contributed by atoms with E-state index in [1.165, 1.54) is 12.1 Å². The van der Waals surface area contributed by atoms with Gasteiger partial charge in [-0.1, -0.05) is 48.0 Å². The molecular formula is C45H49ClF3N5O8S2. The highest BCUT2D eigenvalue weighted by atomic mass is 35.5. The van der Waals surface area contributed by atoms with Crippen LogP contribution in [0.5, 0.6) is 17.2 Å². The molecule has 64 heavy (non-hydrogen) atoms. The number of rotatable bonds is 20. The number of likely N-dealkylation sites (N-methyl/N-ethyl adjacent to an activating group) is 1. The summed E-state index contributed by atoms with van der Waals surface area (Å²) >= 11 is 6.15. The van der Waals surface area contributed by atoms with Gasteiger partial charge < -0.3 is 35.1 Å². The van der Waals surface area contributed by atoms with E-state index in [0.717, 1.165) is 41.1 Å². The van der Waals surface area contributed by atoms with E-state index < -0.39 is 46.8 Å². The first-order chi connectivity index (χ1) is 30.5. The third-order valence-corrected chi connectivity index (χ3v) is 13.3. The zero-order valence-electron chi connectivity index (χ0n) is 35.1. The molecule has 0 atom stereocenters. The lowest BCUT2D eigenvalue weighted by Crippen LogP contribution is -2.31. The predicted octanol–water partition coefficient (Wildman–Crippen LogP) is 8.19. The average Bonchev–Trinajstić information content (AvgIpc) is 3.26. The van der Waals surface area contributed by atoms with E-state index in [4.69, 9.17) is 25.8 Å². The summed E-state index contributed by atoms with van der Waals surface area (Å²) in [5.74, 6) is -0.156. The number of hydrogen-bond donors (Lipinski definition) is 4. The maximum atomic E-state index is 13.9. The zero-order valence-corrected chi connectivity index (χ0v) is 37.5. The van der Waals surface area contributed by atoms with Crippen LogP contribution in [0.25, 0.3) is 11.1 Å². The molecule has 1 heterocycles. The molecule has 1 aliphatic rings. The Morgan fingerprint density at radius 1 is 0.844 bits per heavy atom. The second-order valence-corrected chi connectivity index (χ2v) is 19.2. The number of hydrogen-bond acceptors (Lipinski definition) is 12. The summed E-state index contributed by atoms with van der Waals surface area (Å²) in [5, 5.41) is 10.1. The maximum Gasteiger partial charge on any atom is 0.501 e. The Kier molecular flexibility index (Phi) is 16.2. The molecule has 13 nitrogen and oxygen atoms in total. The molecule has 1 fully saturated rings. The van der Waals surface area contributed by atoms with Gasteiger partial charge in [-0.2, -0.15) is 13.2 Å². The van der Waals surface area contributed by atoms with Gasteiger partial charge in [0.25, 0.3) is 25.8 Å².